The highest BCUT2D eigenvalue weighted by Gasteiger charge is 2.19. The van der Waals surface area contributed by atoms with E-state index in [0.717, 1.165) is 0 Å². The standard InChI is InChI=1S/C25H25FN6O3S/c1-4-14-31-21(15-35-20-12-10-18(26)11-13-20)28-29-25(31)36-16-22(33)27-23-17(2)30(3)32(24(23)34)19-8-6-5-7-9-19/h4-13H,1,14-16H2,2-3H3,(H,27,33). The lowest BCUT2D eigenvalue weighted by molar-refractivity contribution is -0.113. The molecule has 1 amide bonds. The third-order valence-corrected chi connectivity index (χ3v) is 6.40. The van der Waals surface area contributed by atoms with Gasteiger partial charge in [-0.25, -0.2) is 9.07 Å². The Morgan fingerprint density at radius 3 is 2.58 bits per heavy atom. The molecule has 0 saturated carbocycles. The molecule has 11 heteroatoms. The second kappa shape index (κ2) is 11.1. The first-order chi connectivity index (χ1) is 17.4. The molecule has 0 unspecified atom stereocenters. The van der Waals surface area contributed by atoms with Gasteiger partial charge in [-0.1, -0.05) is 36.0 Å². The molecular weight excluding hydrogens is 483 g/mol. The number of ether oxygens (including phenoxy) is 1. The molecule has 2 aromatic heterocycles. The SMILES string of the molecule is C=CCn1c(COc2ccc(F)cc2)nnc1SCC(=O)Nc1c(C)n(C)n(-c2ccccc2)c1=O. The molecule has 0 bridgehead atoms. The molecule has 0 fully saturated rings. The summed E-state index contributed by atoms with van der Waals surface area (Å²) in [4.78, 5) is 25.8. The van der Waals surface area contributed by atoms with Gasteiger partial charge in [0.25, 0.3) is 5.56 Å². The molecule has 0 spiro atoms. The summed E-state index contributed by atoms with van der Waals surface area (Å²) >= 11 is 1.19. The van der Waals surface area contributed by atoms with Crippen molar-refractivity contribution in [3.05, 3.63) is 94.9 Å². The smallest absolute Gasteiger partial charge is 0.295 e. The highest BCUT2D eigenvalue weighted by molar-refractivity contribution is 7.99. The quantitative estimate of drug-likeness (QED) is 0.259. The van der Waals surface area contributed by atoms with Crippen LogP contribution in [0.3, 0.4) is 0 Å². The highest BCUT2D eigenvalue weighted by Crippen LogP contribution is 2.20. The van der Waals surface area contributed by atoms with Crippen LogP contribution in [-0.4, -0.2) is 35.8 Å². The molecule has 0 atom stereocenters. The van der Waals surface area contributed by atoms with Gasteiger partial charge in [-0.3, -0.25) is 18.8 Å². The van der Waals surface area contributed by atoms with E-state index in [4.69, 9.17) is 4.74 Å². The van der Waals surface area contributed by atoms with Crippen LogP contribution in [0.25, 0.3) is 5.69 Å². The number of halogens is 1. The summed E-state index contributed by atoms with van der Waals surface area (Å²) in [6, 6.07) is 14.9. The molecule has 2 aromatic carbocycles. The summed E-state index contributed by atoms with van der Waals surface area (Å²) in [7, 11) is 1.77. The Balaban J connectivity index is 1.43. The molecule has 186 valence electrons. The lowest BCUT2D eigenvalue weighted by Crippen LogP contribution is -2.23. The average Bonchev–Trinajstić information content (AvgIpc) is 3.36. The van der Waals surface area contributed by atoms with Crippen molar-refractivity contribution in [2.24, 2.45) is 7.05 Å². The number of carbonyl (C=O) groups is 1. The van der Waals surface area contributed by atoms with Gasteiger partial charge in [0.05, 0.1) is 17.1 Å². The predicted octanol–water partition coefficient (Wildman–Crippen LogP) is 3.71. The van der Waals surface area contributed by atoms with Gasteiger partial charge in [0, 0.05) is 13.6 Å². The maximum Gasteiger partial charge on any atom is 0.295 e. The van der Waals surface area contributed by atoms with Gasteiger partial charge in [-0.15, -0.1) is 16.8 Å². The lowest BCUT2D eigenvalue weighted by Gasteiger charge is -2.09. The number of aromatic nitrogens is 5. The summed E-state index contributed by atoms with van der Waals surface area (Å²) in [5.74, 6) is 0.360. The van der Waals surface area contributed by atoms with E-state index in [1.54, 1.807) is 29.3 Å². The van der Waals surface area contributed by atoms with E-state index in [2.05, 4.69) is 22.1 Å². The fourth-order valence-corrected chi connectivity index (χ4v) is 4.31. The molecule has 0 aliphatic carbocycles. The molecule has 0 aliphatic rings. The molecule has 0 radical (unpaired) electrons. The minimum Gasteiger partial charge on any atom is -0.486 e. The molecule has 1 N–H and O–H groups in total. The van der Waals surface area contributed by atoms with Crippen LogP contribution in [0.15, 0.2) is 77.2 Å². The van der Waals surface area contributed by atoms with Crippen molar-refractivity contribution in [2.75, 3.05) is 11.1 Å². The first-order valence-corrected chi connectivity index (χ1v) is 12.1. The first-order valence-electron chi connectivity index (χ1n) is 11.1. The normalized spacial score (nSPS) is 10.9. The Morgan fingerprint density at radius 1 is 1.17 bits per heavy atom. The van der Waals surface area contributed by atoms with Crippen molar-refractivity contribution in [1.29, 1.82) is 0 Å². The largest absolute Gasteiger partial charge is 0.486 e. The van der Waals surface area contributed by atoms with E-state index in [9.17, 15) is 14.0 Å². The summed E-state index contributed by atoms with van der Waals surface area (Å²) in [5, 5.41) is 11.6. The van der Waals surface area contributed by atoms with Crippen molar-refractivity contribution in [1.82, 2.24) is 24.1 Å². The number of rotatable bonds is 10. The van der Waals surface area contributed by atoms with Crippen molar-refractivity contribution in [3.8, 4) is 11.4 Å². The van der Waals surface area contributed by atoms with Crippen LogP contribution in [0.5, 0.6) is 5.75 Å². The molecule has 36 heavy (non-hydrogen) atoms. The van der Waals surface area contributed by atoms with E-state index in [-0.39, 0.29) is 35.3 Å². The zero-order valence-electron chi connectivity index (χ0n) is 19.8. The minimum atomic E-state index is -0.348. The molecule has 4 aromatic rings. The van der Waals surface area contributed by atoms with E-state index in [0.29, 0.717) is 34.7 Å². The van der Waals surface area contributed by atoms with Gasteiger partial charge in [-0.2, -0.15) is 0 Å². The Labute approximate surface area is 211 Å². The van der Waals surface area contributed by atoms with Crippen molar-refractivity contribution in [3.63, 3.8) is 0 Å². The Morgan fingerprint density at radius 2 is 1.89 bits per heavy atom. The fourth-order valence-electron chi connectivity index (χ4n) is 3.54. The number of hydrogen-bond acceptors (Lipinski definition) is 6. The average molecular weight is 509 g/mol. The third kappa shape index (κ3) is 5.41. The van der Waals surface area contributed by atoms with Crippen molar-refractivity contribution < 1.29 is 13.9 Å². The zero-order chi connectivity index (χ0) is 25.7. The van der Waals surface area contributed by atoms with Gasteiger partial charge in [0.1, 0.15) is 23.9 Å². The summed E-state index contributed by atoms with van der Waals surface area (Å²) < 4.78 is 23.8. The van der Waals surface area contributed by atoms with Crippen LogP contribution < -0.4 is 15.6 Å². The molecule has 0 aliphatic heterocycles. The van der Waals surface area contributed by atoms with Crippen LogP contribution in [0, 0.1) is 12.7 Å². The van der Waals surface area contributed by atoms with Crippen molar-refractivity contribution >= 4 is 23.4 Å². The van der Waals surface area contributed by atoms with Gasteiger partial charge in [0.15, 0.2) is 11.0 Å². The molecule has 9 nitrogen and oxygen atoms in total. The predicted molar refractivity (Wildman–Crippen MR) is 136 cm³/mol. The van der Waals surface area contributed by atoms with Gasteiger partial charge >= 0.3 is 0 Å². The Bertz CT molecular complexity index is 1430. The summed E-state index contributed by atoms with van der Waals surface area (Å²) in [6.45, 7) is 6.07. The van der Waals surface area contributed by atoms with E-state index in [1.165, 1.54) is 40.7 Å². The summed E-state index contributed by atoms with van der Waals surface area (Å²) in [6.07, 6.45) is 1.69. The minimum absolute atomic E-state index is 0.0210. The monoisotopic (exact) mass is 508 g/mol. The molecule has 0 saturated heterocycles. The van der Waals surface area contributed by atoms with Crippen LogP contribution in [0.1, 0.15) is 11.5 Å². The maximum absolute atomic E-state index is 13.1. The zero-order valence-corrected chi connectivity index (χ0v) is 20.7. The fraction of sp³-hybridized carbons (Fsp3) is 0.200. The summed E-state index contributed by atoms with van der Waals surface area (Å²) in [5.41, 5.74) is 1.26. The number of amides is 1. The number of anilines is 1. The number of allylic oxidation sites excluding steroid dienone is 1. The number of thioether (sulfide) groups is 1. The number of hydrogen-bond donors (Lipinski definition) is 1. The van der Waals surface area contributed by atoms with Crippen LogP contribution >= 0.6 is 11.8 Å². The molecular formula is C25H25FN6O3S. The number of benzene rings is 2. The molecule has 2 heterocycles. The van der Waals surface area contributed by atoms with Gasteiger partial charge in [0.2, 0.25) is 5.91 Å². The van der Waals surface area contributed by atoms with E-state index in [1.807, 2.05) is 30.3 Å². The number of para-hydroxylation sites is 1. The maximum atomic E-state index is 13.1. The second-order valence-corrected chi connectivity index (χ2v) is 8.76. The van der Waals surface area contributed by atoms with E-state index < -0.39 is 0 Å². The Kier molecular flexibility index (Phi) is 7.69. The van der Waals surface area contributed by atoms with Crippen molar-refractivity contribution in [2.45, 2.75) is 25.2 Å². The van der Waals surface area contributed by atoms with Crippen LogP contribution in [0.2, 0.25) is 0 Å². The first kappa shape index (κ1) is 25.0. The third-order valence-electron chi connectivity index (χ3n) is 5.44. The number of nitrogens with zero attached hydrogens (tertiary/aromatic N) is 5. The second-order valence-electron chi connectivity index (χ2n) is 7.81. The number of nitrogens with one attached hydrogen (secondary N) is 1. The van der Waals surface area contributed by atoms with Crippen LogP contribution in [-0.2, 0) is 25.0 Å². The van der Waals surface area contributed by atoms with Gasteiger partial charge in [-0.05, 0) is 43.3 Å². The molecule has 4 rings (SSSR count). The number of carbonyl (C=O) groups excluding carboxylic acids is 1. The topological polar surface area (TPSA) is 96.0 Å². The van der Waals surface area contributed by atoms with Gasteiger partial charge < -0.3 is 10.1 Å². The lowest BCUT2D eigenvalue weighted by atomic mass is 10.3. The van der Waals surface area contributed by atoms with Crippen LogP contribution in [0.4, 0.5) is 10.1 Å². The highest BCUT2D eigenvalue weighted by atomic mass is 32.2. The Hall–Kier alpha value is -4.12. The van der Waals surface area contributed by atoms with E-state index >= 15 is 0 Å².